The molecule has 0 aliphatic carbocycles. The van der Waals surface area contributed by atoms with Crippen molar-refractivity contribution in [2.45, 2.75) is 25.0 Å². The standard InChI is InChI=1S/C25H21BrN2O3/c1-30-21-10-8-20(9-11-21)28-24(29)13-14-25(28,17-27)22-15-19(26)7-12-23(22)31-16-18-5-3-2-4-6-18/h2-12,15H,13-14,16H2,1H3/t25-/m1/s1. The largest absolute Gasteiger partial charge is 0.497 e. The van der Waals surface area contributed by atoms with Crippen molar-refractivity contribution >= 4 is 27.5 Å². The van der Waals surface area contributed by atoms with E-state index in [1.54, 1.807) is 36.3 Å². The zero-order valence-electron chi connectivity index (χ0n) is 17.0. The normalized spacial score (nSPS) is 18.0. The van der Waals surface area contributed by atoms with E-state index in [4.69, 9.17) is 9.47 Å². The summed E-state index contributed by atoms with van der Waals surface area (Å²) in [7, 11) is 1.59. The number of amides is 1. The van der Waals surface area contributed by atoms with Gasteiger partial charge in [-0.15, -0.1) is 0 Å². The molecule has 156 valence electrons. The summed E-state index contributed by atoms with van der Waals surface area (Å²) in [5.41, 5.74) is 1.18. The zero-order chi connectivity index (χ0) is 21.8. The van der Waals surface area contributed by atoms with E-state index in [0.29, 0.717) is 35.8 Å². The van der Waals surface area contributed by atoms with E-state index >= 15 is 0 Å². The lowest BCUT2D eigenvalue weighted by Crippen LogP contribution is -2.42. The summed E-state index contributed by atoms with van der Waals surface area (Å²) in [6, 6.07) is 25.1. The van der Waals surface area contributed by atoms with Crippen LogP contribution in [0.4, 0.5) is 5.69 Å². The number of hydrogen-bond donors (Lipinski definition) is 0. The van der Waals surface area contributed by atoms with Gasteiger partial charge in [0.2, 0.25) is 5.91 Å². The maximum absolute atomic E-state index is 12.9. The first-order valence-corrected chi connectivity index (χ1v) is 10.7. The highest BCUT2D eigenvalue weighted by molar-refractivity contribution is 9.10. The molecule has 1 aliphatic heterocycles. The molecule has 0 unspecified atom stereocenters. The lowest BCUT2D eigenvalue weighted by atomic mass is 9.87. The lowest BCUT2D eigenvalue weighted by molar-refractivity contribution is -0.117. The summed E-state index contributed by atoms with van der Waals surface area (Å²) in [5.74, 6) is 1.18. The van der Waals surface area contributed by atoms with Gasteiger partial charge in [0.1, 0.15) is 18.1 Å². The Bertz CT molecular complexity index is 1130. The molecular formula is C25H21BrN2O3. The summed E-state index contributed by atoms with van der Waals surface area (Å²) in [4.78, 5) is 14.5. The van der Waals surface area contributed by atoms with Crippen LogP contribution < -0.4 is 14.4 Å². The Morgan fingerprint density at radius 3 is 2.52 bits per heavy atom. The van der Waals surface area contributed by atoms with E-state index < -0.39 is 5.54 Å². The fourth-order valence-corrected chi connectivity index (χ4v) is 4.29. The summed E-state index contributed by atoms with van der Waals surface area (Å²) in [5, 5.41) is 10.4. The van der Waals surface area contributed by atoms with Gasteiger partial charge >= 0.3 is 0 Å². The number of carbonyl (C=O) groups excluding carboxylic acids is 1. The van der Waals surface area contributed by atoms with Gasteiger partial charge in [0, 0.05) is 22.1 Å². The van der Waals surface area contributed by atoms with Gasteiger partial charge in [0.05, 0.1) is 13.2 Å². The van der Waals surface area contributed by atoms with Crippen molar-refractivity contribution in [2.24, 2.45) is 0 Å². The van der Waals surface area contributed by atoms with Crippen LogP contribution in [0, 0.1) is 11.3 Å². The van der Waals surface area contributed by atoms with Gasteiger partial charge in [-0.25, -0.2) is 0 Å². The van der Waals surface area contributed by atoms with Gasteiger partial charge in [-0.3, -0.25) is 9.69 Å². The predicted molar refractivity (Wildman–Crippen MR) is 122 cm³/mol. The minimum absolute atomic E-state index is 0.0966. The molecule has 3 aromatic carbocycles. The number of ether oxygens (including phenoxy) is 2. The second-order valence-corrected chi connectivity index (χ2v) is 8.23. The quantitative estimate of drug-likeness (QED) is 0.465. The molecule has 6 heteroatoms. The molecule has 0 N–H and O–H groups in total. The summed E-state index contributed by atoms with van der Waals surface area (Å²) < 4.78 is 12.2. The molecule has 0 aromatic heterocycles. The number of methoxy groups -OCH3 is 1. The van der Waals surface area contributed by atoms with Crippen LogP contribution in [-0.4, -0.2) is 13.0 Å². The van der Waals surface area contributed by atoms with Crippen LogP contribution in [0.25, 0.3) is 0 Å². The van der Waals surface area contributed by atoms with E-state index in [9.17, 15) is 10.1 Å². The Morgan fingerprint density at radius 1 is 1.10 bits per heavy atom. The Kier molecular flexibility index (Phi) is 5.97. The highest BCUT2D eigenvalue weighted by Crippen LogP contribution is 2.46. The van der Waals surface area contributed by atoms with E-state index in [1.165, 1.54) is 0 Å². The topological polar surface area (TPSA) is 62.6 Å². The molecule has 1 fully saturated rings. The first-order valence-electron chi connectivity index (χ1n) is 9.92. The Hall–Kier alpha value is -3.30. The van der Waals surface area contributed by atoms with Gasteiger partial charge in [-0.2, -0.15) is 5.26 Å². The smallest absolute Gasteiger partial charge is 0.228 e. The average Bonchev–Trinajstić information content (AvgIpc) is 3.16. The number of rotatable bonds is 6. The number of nitriles is 1. The van der Waals surface area contributed by atoms with Gasteiger partial charge in [0.15, 0.2) is 5.54 Å². The molecule has 1 aliphatic rings. The molecule has 0 saturated carbocycles. The van der Waals surface area contributed by atoms with Gasteiger partial charge in [-0.1, -0.05) is 46.3 Å². The van der Waals surface area contributed by atoms with Crippen LogP contribution in [0.1, 0.15) is 24.0 Å². The second-order valence-electron chi connectivity index (χ2n) is 7.31. The number of halogens is 1. The van der Waals surface area contributed by atoms with Crippen LogP contribution in [0.5, 0.6) is 11.5 Å². The monoisotopic (exact) mass is 476 g/mol. The third-order valence-electron chi connectivity index (χ3n) is 5.47. The summed E-state index contributed by atoms with van der Waals surface area (Å²) in [6.45, 7) is 0.369. The van der Waals surface area contributed by atoms with Crippen LogP contribution in [0.3, 0.4) is 0 Å². The number of nitrogens with zero attached hydrogens (tertiary/aromatic N) is 2. The fraction of sp³-hybridized carbons (Fsp3) is 0.200. The molecule has 1 heterocycles. The first kappa shape index (κ1) is 21.0. The summed E-state index contributed by atoms with van der Waals surface area (Å²) >= 11 is 3.52. The molecular weight excluding hydrogens is 456 g/mol. The third kappa shape index (κ3) is 4.01. The molecule has 1 amide bonds. The van der Waals surface area contributed by atoms with E-state index in [0.717, 1.165) is 10.0 Å². The van der Waals surface area contributed by atoms with Crippen molar-refractivity contribution in [1.82, 2.24) is 0 Å². The van der Waals surface area contributed by atoms with Crippen LogP contribution in [0.15, 0.2) is 77.3 Å². The Balaban J connectivity index is 1.76. The van der Waals surface area contributed by atoms with Crippen molar-refractivity contribution in [3.8, 4) is 17.6 Å². The minimum atomic E-state index is -1.17. The molecule has 0 radical (unpaired) electrons. The highest BCUT2D eigenvalue weighted by Gasteiger charge is 2.49. The molecule has 1 saturated heterocycles. The maximum Gasteiger partial charge on any atom is 0.228 e. The average molecular weight is 477 g/mol. The Morgan fingerprint density at radius 2 is 1.84 bits per heavy atom. The predicted octanol–water partition coefficient (Wildman–Crippen LogP) is 5.58. The highest BCUT2D eigenvalue weighted by atomic mass is 79.9. The van der Waals surface area contributed by atoms with Crippen LogP contribution in [-0.2, 0) is 16.9 Å². The molecule has 5 nitrogen and oxygen atoms in total. The number of anilines is 1. The van der Waals surface area contributed by atoms with Crippen molar-refractivity contribution in [1.29, 1.82) is 5.26 Å². The molecule has 31 heavy (non-hydrogen) atoms. The fourth-order valence-electron chi connectivity index (χ4n) is 3.93. The molecule has 4 rings (SSSR count). The third-order valence-corrected chi connectivity index (χ3v) is 5.96. The van der Waals surface area contributed by atoms with Crippen LogP contribution in [0.2, 0.25) is 0 Å². The minimum Gasteiger partial charge on any atom is -0.497 e. The number of benzene rings is 3. The second kappa shape index (κ2) is 8.83. The van der Waals surface area contributed by atoms with E-state index in [2.05, 4.69) is 22.0 Å². The SMILES string of the molecule is COc1ccc(N2C(=O)CC[C@@]2(C#N)c2cc(Br)ccc2OCc2ccccc2)cc1. The zero-order valence-corrected chi connectivity index (χ0v) is 18.6. The maximum atomic E-state index is 12.9. The van der Waals surface area contributed by atoms with Gasteiger partial charge in [-0.05, 0) is 54.4 Å². The van der Waals surface area contributed by atoms with Crippen molar-refractivity contribution in [2.75, 3.05) is 12.0 Å². The van der Waals surface area contributed by atoms with Crippen molar-refractivity contribution < 1.29 is 14.3 Å². The lowest BCUT2D eigenvalue weighted by Gasteiger charge is -2.34. The van der Waals surface area contributed by atoms with Gasteiger partial charge < -0.3 is 9.47 Å². The Labute approximate surface area is 190 Å². The van der Waals surface area contributed by atoms with Gasteiger partial charge in [0.25, 0.3) is 0 Å². The number of carbonyl (C=O) groups is 1. The molecule has 3 aromatic rings. The summed E-state index contributed by atoms with van der Waals surface area (Å²) in [6.07, 6.45) is 0.663. The molecule has 1 atom stereocenters. The molecule has 0 spiro atoms. The van der Waals surface area contributed by atoms with E-state index in [1.807, 2.05) is 48.5 Å². The van der Waals surface area contributed by atoms with Crippen molar-refractivity contribution in [3.63, 3.8) is 0 Å². The van der Waals surface area contributed by atoms with E-state index in [-0.39, 0.29) is 12.3 Å². The van der Waals surface area contributed by atoms with Crippen LogP contribution >= 0.6 is 15.9 Å². The van der Waals surface area contributed by atoms with Crippen molar-refractivity contribution in [3.05, 3.63) is 88.4 Å². The number of hydrogen-bond acceptors (Lipinski definition) is 4. The molecule has 0 bridgehead atoms. The first-order chi connectivity index (χ1) is 15.1.